The van der Waals surface area contributed by atoms with E-state index in [0.717, 1.165) is 64.9 Å². The number of sulfone groups is 1. The van der Waals surface area contributed by atoms with Crippen molar-refractivity contribution < 1.29 is 8.42 Å². The summed E-state index contributed by atoms with van der Waals surface area (Å²) in [5, 5.41) is 13.9. The number of fused-ring (bicyclic) bond motifs is 2. The Balaban J connectivity index is 1.27. The molecule has 2 aliphatic rings. The molecule has 2 saturated carbocycles. The van der Waals surface area contributed by atoms with Gasteiger partial charge in [-0.2, -0.15) is 10.4 Å². The average molecular weight is 574 g/mol. The van der Waals surface area contributed by atoms with Gasteiger partial charge in [0, 0.05) is 47.8 Å². The van der Waals surface area contributed by atoms with Gasteiger partial charge in [0.15, 0.2) is 15.5 Å². The van der Waals surface area contributed by atoms with E-state index >= 15 is 0 Å². The smallest absolute Gasteiger partial charge is 0.158 e. The van der Waals surface area contributed by atoms with Crippen LogP contribution in [0.5, 0.6) is 0 Å². The molecule has 0 unspecified atom stereocenters. The van der Waals surface area contributed by atoms with Crippen molar-refractivity contribution in [3.63, 3.8) is 0 Å². The minimum absolute atomic E-state index is 0.233. The molecule has 1 N–H and O–H groups in total. The highest BCUT2D eigenvalue weighted by Crippen LogP contribution is 2.45. The minimum Gasteiger partial charge on any atom is -0.353 e. The number of aryl methyl sites for hydroxylation is 1. The lowest BCUT2D eigenvalue weighted by molar-refractivity contribution is 0.162. The summed E-state index contributed by atoms with van der Waals surface area (Å²) in [7, 11) is -3.13. The van der Waals surface area contributed by atoms with Crippen molar-refractivity contribution in [2.45, 2.75) is 88.8 Å². The van der Waals surface area contributed by atoms with Gasteiger partial charge >= 0.3 is 0 Å². The summed E-state index contributed by atoms with van der Waals surface area (Å²) >= 11 is 0. The number of H-pyrrole nitrogens is 1. The summed E-state index contributed by atoms with van der Waals surface area (Å²) in [5.74, 6) is 0.616. The maximum Gasteiger partial charge on any atom is 0.158 e. The van der Waals surface area contributed by atoms with Gasteiger partial charge in [-0.1, -0.05) is 13.8 Å². The third-order valence-corrected chi connectivity index (χ3v) is 11.8. The van der Waals surface area contributed by atoms with Crippen LogP contribution in [-0.4, -0.2) is 68.0 Å². The molecule has 0 saturated heterocycles. The van der Waals surface area contributed by atoms with Gasteiger partial charge in [0.1, 0.15) is 6.33 Å². The SMILES string of the molecule is Cc1c(-c2[nH]c3ccc(C4CCC(N(CC#N)CC5(S(C)(=O)=O)CC5)CC4)nc3c2C(C)C)cn2ncnc2c1C. The van der Waals surface area contributed by atoms with Crippen molar-refractivity contribution in [3.05, 3.63) is 47.0 Å². The Morgan fingerprint density at radius 3 is 2.54 bits per heavy atom. The van der Waals surface area contributed by atoms with Gasteiger partial charge in [0.25, 0.3) is 0 Å². The number of rotatable bonds is 8. The van der Waals surface area contributed by atoms with E-state index in [1.807, 2.05) is 4.52 Å². The Labute approximate surface area is 241 Å². The zero-order valence-electron chi connectivity index (χ0n) is 24.6. The summed E-state index contributed by atoms with van der Waals surface area (Å²) in [6.45, 7) is 9.42. The Bertz CT molecular complexity index is 1770. The molecule has 0 spiro atoms. The second-order valence-corrected chi connectivity index (χ2v) is 15.0. The standard InChI is InChI=1S/C31H39N7O2S/c1-19(2)27-28(24-16-38-30(33-18-34-38)21(4)20(24)3)36-26-11-10-25(35-29(26)27)22-6-8-23(9-7-22)37(15-14-32)17-31(12-13-31)41(5,39)40/h10-11,16,18-19,22-23,36H,6-9,12-13,15,17H2,1-5H3. The van der Waals surface area contributed by atoms with Gasteiger partial charge in [0.05, 0.1) is 34.1 Å². The molecule has 0 amide bonds. The minimum atomic E-state index is -3.13. The van der Waals surface area contributed by atoms with E-state index in [9.17, 15) is 13.7 Å². The molecular weight excluding hydrogens is 534 g/mol. The Kier molecular flexibility index (Phi) is 6.94. The molecule has 6 rings (SSSR count). The van der Waals surface area contributed by atoms with Gasteiger partial charge in [-0.15, -0.1) is 0 Å². The van der Waals surface area contributed by atoms with Crippen molar-refractivity contribution in [2.24, 2.45) is 0 Å². The Morgan fingerprint density at radius 2 is 1.90 bits per heavy atom. The molecule has 0 aromatic carbocycles. The van der Waals surface area contributed by atoms with Crippen LogP contribution in [0.15, 0.2) is 24.7 Å². The van der Waals surface area contributed by atoms with E-state index in [4.69, 9.17) is 4.98 Å². The van der Waals surface area contributed by atoms with Crippen LogP contribution in [0.25, 0.3) is 27.9 Å². The zero-order valence-corrected chi connectivity index (χ0v) is 25.4. The number of aromatic amines is 1. The van der Waals surface area contributed by atoms with E-state index in [2.05, 4.69) is 72.1 Å². The van der Waals surface area contributed by atoms with Gasteiger partial charge in [-0.3, -0.25) is 9.88 Å². The highest BCUT2D eigenvalue weighted by molar-refractivity contribution is 7.92. The first kappa shape index (κ1) is 27.9. The highest BCUT2D eigenvalue weighted by Gasteiger charge is 2.53. The first-order valence-electron chi connectivity index (χ1n) is 14.7. The molecule has 4 heterocycles. The summed E-state index contributed by atoms with van der Waals surface area (Å²) in [5.41, 5.74) is 9.78. The molecule has 9 nitrogen and oxygen atoms in total. The van der Waals surface area contributed by atoms with Crippen LogP contribution in [0.4, 0.5) is 0 Å². The van der Waals surface area contributed by atoms with E-state index in [0.29, 0.717) is 25.3 Å². The first-order valence-corrected chi connectivity index (χ1v) is 16.5. The van der Waals surface area contributed by atoms with Crippen molar-refractivity contribution in [1.29, 1.82) is 5.26 Å². The summed E-state index contributed by atoms with van der Waals surface area (Å²) in [6, 6.07) is 6.84. The number of hydrogen-bond acceptors (Lipinski definition) is 7. The van der Waals surface area contributed by atoms with Gasteiger partial charge in [-0.05, 0) is 81.5 Å². The molecule has 216 valence electrons. The number of nitrogens with zero attached hydrogens (tertiary/aromatic N) is 6. The van der Waals surface area contributed by atoms with Crippen LogP contribution in [0.1, 0.15) is 86.6 Å². The number of nitrogens with one attached hydrogen (secondary N) is 1. The quantitative estimate of drug-likeness (QED) is 0.279. The Morgan fingerprint density at radius 1 is 1.17 bits per heavy atom. The summed E-state index contributed by atoms with van der Waals surface area (Å²) in [4.78, 5) is 15.5. The molecule has 4 aromatic rings. The number of hydrogen-bond donors (Lipinski definition) is 1. The summed E-state index contributed by atoms with van der Waals surface area (Å²) in [6.07, 6.45) is 10.3. The fraction of sp³-hybridized carbons (Fsp3) is 0.548. The normalized spacial score (nSPS) is 20.7. The van der Waals surface area contributed by atoms with E-state index < -0.39 is 14.6 Å². The maximum atomic E-state index is 12.4. The lowest BCUT2D eigenvalue weighted by atomic mass is 9.83. The van der Waals surface area contributed by atoms with Crippen LogP contribution >= 0.6 is 0 Å². The van der Waals surface area contributed by atoms with E-state index in [1.54, 1.807) is 6.33 Å². The molecule has 2 fully saturated rings. The summed E-state index contributed by atoms with van der Waals surface area (Å²) < 4.78 is 26.0. The monoisotopic (exact) mass is 573 g/mol. The van der Waals surface area contributed by atoms with Crippen LogP contribution < -0.4 is 0 Å². The molecule has 0 atom stereocenters. The molecule has 2 aliphatic carbocycles. The maximum absolute atomic E-state index is 12.4. The number of nitriles is 1. The topological polar surface area (TPSA) is 120 Å². The van der Waals surface area contributed by atoms with Gasteiger partial charge in [-0.25, -0.2) is 17.9 Å². The molecular formula is C31H39N7O2S. The fourth-order valence-electron chi connectivity index (χ4n) is 6.85. The molecule has 10 heteroatoms. The van der Waals surface area contributed by atoms with Crippen LogP contribution in [-0.2, 0) is 9.84 Å². The third kappa shape index (κ3) is 4.83. The number of pyridine rings is 2. The average Bonchev–Trinajstić information content (AvgIpc) is 3.42. The third-order valence-electron chi connectivity index (χ3n) is 9.66. The molecule has 41 heavy (non-hydrogen) atoms. The van der Waals surface area contributed by atoms with Gasteiger partial charge < -0.3 is 4.98 Å². The highest BCUT2D eigenvalue weighted by atomic mass is 32.2. The van der Waals surface area contributed by atoms with E-state index in [-0.39, 0.29) is 18.5 Å². The number of aromatic nitrogens is 5. The van der Waals surface area contributed by atoms with Crippen molar-refractivity contribution in [1.82, 2.24) is 29.5 Å². The van der Waals surface area contributed by atoms with Crippen molar-refractivity contribution >= 4 is 26.5 Å². The zero-order chi connectivity index (χ0) is 29.1. The predicted octanol–water partition coefficient (Wildman–Crippen LogP) is 5.44. The lowest BCUT2D eigenvalue weighted by Crippen LogP contribution is -2.45. The van der Waals surface area contributed by atoms with Crippen LogP contribution in [0, 0.1) is 25.2 Å². The van der Waals surface area contributed by atoms with E-state index in [1.165, 1.54) is 17.4 Å². The fourth-order valence-corrected chi connectivity index (χ4v) is 8.10. The first-order chi connectivity index (χ1) is 19.5. The van der Waals surface area contributed by atoms with Crippen molar-refractivity contribution in [2.75, 3.05) is 19.3 Å². The Hall–Kier alpha value is -3.29. The van der Waals surface area contributed by atoms with Crippen LogP contribution in [0.2, 0.25) is 0 Å². The molecule has 0 bridgehead atoms. The van der Waals surface area contributed by atoms with Crippen LogP contribution in [0.3, 0.4) is 0 Å². The predicted molar refractivity (Wildman–Crippen MR) is 161 cm³/mol. The molecule has 0 aliphatic heterocycles. The van der Waals surface area contributed by atoms with Crippen molar-refractivity contribution in [3.8, 4) is 17.3 Å². The largest absolute Gasteiger partial charge is 0.353 e. The lowest BCUT2D eigenvalue weighted by Gasteiger charge is -2.37. The van der Waals surface area contributed by atoms with Gasteiger partial charge in [0.2, 0.25) is 0 Å². The second-order valence-electron chi connectivity index (χ2n) is 12.5. The molecule has 0 radical (unpaired) electrons. The second kappa shape index (κ2) is 10.2. The molecule has 4 aromatic heterocycles.